The van der Waals surface area contributed by atoms with E-state index in [0.29, 0.717) is 54.1 Å². The van der Waals surface area contributed by atoms with Gasteiger partial charge in [0.15, 0.2) is 24.7 Å². The standard InChI is InChI=1S/C48H75N3O17/c1-20-9-12-48(62-18-20)21(2)33-30(68-48)14-29-27-8-7-24-13-26(10-11-46(24,5)28(27)15-32(53)47(29,33)6)51-16-25(49-50-51)19-61-45-42(67-44-39(59)37(57)35(55)23(4)64-44)40(60)41(31(17-52)65-45)66-43-38(58)36(56)34(54)22(3)63-43/h16,20-24,26-31,33-45,52,54-60H,7-15,17-19H2,1-6H3/t20-,21+,22+,23+,24+,26+,27-,28+,29+,30+,31-,33+,34+,35+,36-,37-,38-,39-,40+,41-,42-,43+,44+,45-,46+,47-,48-/m1/s1. The third-order valence-corrected chi connectivity index (χ3v) is 19.1. The van der Waals surface area contributed by atoms with E-state index in [-0.39, 0.29) is 36.0 Å². The molecule has 5 aliphatic heterocycles. The third-order valence-electron chi connectivity index (χ3n) is 19.1. The van der Waals surface area contributed by atoms with E-state index >= 15 is 0 Å². The Morgan fingerprint density at radius 3 is 2.09 bits per heavy atom. The monoisotopic (exact) mass is 966 g/mol. The molecule has 68 heavy (non-hydrogen) atoms. The average molecular weight is 966 g/mol. The maximum Gasteiger partial charge on any atom is 0.187 e. The number of fused-ring (bicyclic) bond motifs is 7. The van der Waals surface area contributed by atoms with E-state index in [2.05, 4.69) is 38.0 Å². The van der Waals surface area contributed by atoms with E-state index in [0.717, 1.165) is 51.4 Å². The number of rotatable bonds is 9. The van der Waals surface area contributed by atoms with Gasteiger partial charge in [0.1, 0.15) is 72.5 Å². The average Bonchev–Trinajstić information content (AvgIpc) is 3.99. The molecule has 4 saturated carbocycles. The second-order valence-corrected chi connectivity index (χ2v) is 22.7. The van der Waals surface area contributed by atoms with Crippen LogP contribution in [0.5, 0.6) is 0 Å². The molecule has 10 rings (SSSR count). The quantitative estimate of drug-likeness (QED) is 0.167. The molecule has 1 spiro atoms. The zero-order chi connectivity index (χ0) is 48.4. The first kappa shape index (κ1) is 49.7. The highest BCUT2D eigenvalue weighted by Crippen LogP contribution is 2.70. The van der Waals surface area contributed by atoms with Crippen molar-refractivity contribution in [2.24, 2.45) is 52.3 Å². The number of ketones is 1. The van der Waals surface area contributed by atoms with Crippen molar-refractivity contribution in [1.29, 1.82) is 0 Å². The molecule has 20 heteroatoms. The smallest absolute Gasteiger partial charge is 0.187 e. The van der Waals surface area contributed by atoms with Gasteiger partial charge >= 0.3 is 0 Å². The lowest BCUT2D eigenvalue weighted by molar-refractivity contribution is -0.385. The lowest BCUT2D eigenvalue weighted by atomic mass is 9.44. The third kappa shape index (κ3) is 8.07. The molecule has 20 nitrogen and oxygen atoms in total. The molecule has 384 valence electrons. The van der Waals surface area contributed by atoms with Gasteiger partial charge in [-0.25, -0.2) is 4.68 Å². The minimum atomic E-state index is -1.76. The van der Waals surface area contributed by atoms with Crippen LogP contribution in [0, 0.1) is 52.3 Å². The second kappa shape index (κ2) is 18.6. The summed E-state index contributed by atoms with van der Waals surface area (Å²) in [5, 5.41) is 94.3. The number of aromatic nitrogens is 3. The Morgan fingerprint density at radius 2 is 1.44 bits per heavy atom. The zero-order valence-electron chi connectivity index (χ0n) is 40.0. The second-order valence-electron chi connectivity index (χ2n) is 22.7. The molecular formula is C48H75N3O17. The van der Waals surface area contributed by atoms with Crippen molar-refractivity contribution in [1.82, 2.24) is 15.0 Å². The lowest BCUT2D eigenvalue weighted by Crippen LogP contribution is -2.66. The minimum absolute atomic E-state index is 0.0119. The van der Waals surface area contributed by atoms with Gasteiger partial charge in [-0.05, 0) is 93.8 Å². The summed E-state index contributed by atoms with van der Waals surface area (Å²) in [7, 11) is 0. The highest BCUT2D eigenvalue weighted by Gasteiger charge is 2.72. The number of nitrogens with zero attached hydrogens (tertiary/aromatic N) is 3. The fourth-order valence-corrected chi connectivity index (χ4v) is 14.9. The first-order chi connectivity index (χ1) is 32.3. The van der Waals surface area contributed by atoms with Crippen LogP contribution in [0.25, 0.3) is 0 Å². The fourth-order valence-electron chi connectivity index (χ4n) is 14.9. The molecule has 9 fully saturated rings. The van der Waals surface area contributed by atoms with Crippen molar-refractivity contribution in [2.45, 2.75) is 216 Å². The van der Waals surface area contributed by atoms with Crippen LogP contribution in [0.3, 0.4) is 0 Å². The summed E-state index contributed by atoms with van der Waals surface area (Å²) in [6.45, 7) is 11.9. The van der Waals surface area contributed by atoms with Crippen molar-refractivity contribution in [2.75, 3.05) is 13.2 Å². The summed E-state index contributed by atoms with van der Waals surface area (Å²) in [6.07, 6.45) is -12.0. The van der Waals surface area contributed by atoms with E-state index in [1.54, 1.807) is 0 Å². The molecule has 6 heterocycles. The summed E-state index contributed by atoms with van der Waals surface area (Å²) in [5.74, 6) is 2.21. The predicted octanol–water partition coefficient (Wildman–Crippen LogP) is 0.465. The molecule has 0 radical (unpaired) electrons. The largest absolute Gasteiger partial charge is 0.394 e. The van der Waals surface area contributed by atoms with Crippen molar-refractivity contribution in [3.05, 3.63) is 11.9 Å². The molecule has 4 aliphatic carbocycles. The van der Waals surface area contributed by atoms with E-state index in [9.17, 15) is 45.6 Å². The van der Waals surface area contributed by atoms with Gasteiger partial charge in [0.25, 0.3) is 0 Å². The molecule has 0 unspecified atom stereocenters. The molecule has 5 saturated heterocycles. The Hall–Kier alpha value is -1.83. The normalized spacial score (nSPS) is 54.8. The summed E-state index contributed by atoms with van der Waals surface area (Å²) >= 11 is 0. The van der Waals surface area contributed by atoms with Crippen LogP contribution < -0.4 is 0 Å². The van der Waals surface area contributed by atoms with E-state index in [1.165, 1.54) is 13.8 Å². The van der Waals surface area contributed by atoms with Crippen molar-refractivity contribution in [3.8, 4) is 0 Å². The zero-order valence-corrected chi connectivity index (χ0v) is 40.0. The van der Waals surface area contributed by atoms with Crippen LogP contribution in [-0.2, 0) is 49.3 Å². The Morgan fingerprint density at radius 1 is 0.765 bits per heavy atom. The predicted molar refractivity (Wildman–Crippen MR) is 232 cm³/mol. The molecule has 8 N–H and O–H groups in total. The van der Waals surface area contributed by atoms with Crippen LogP contribution in [0.4, 0.5) is 0 Å². The summed E-state index contributed by atoms with van der Waals surface area (Å²) in [5.41, 5.74) is 0.0482. The molecule has 27 atom stereocenters. The number of aliphatic hydroxyl groups is 8. The molecular weight excluding hydrogens is 891 g/mol. The van der Waals surface area contributed by atoms with Crippen molar-refractivity contribution >= 4 is 5.78 Å². The summed E-state index contributed by atoms with van der Waals surface area (Å²) in [6, 6.07) is 0.0684. The topological polar surface area (TPSA) is 283 Å². The van der Waals surface area contributed by atoms with Gasteiger partial charge in [0, 0.05) is 30.1 Å². The SMILES string of the molecule is C[C@@H]1CC[C@@]2(OC1)O[C@H]1C[C@H]3[C@@H]4CC[C@H]5C[C@@H](n6cc(CO[C@@H]7O[C@H](CO)[C@@H](O[C@@H]8O[C@@H](C)[C@H](O)[C@@H](O)[C@H]8O)[C@H](O)[C@H]7O[C@@H]7O[C@@H](C)[C@H](O)[C@@H](O)[C@H]7O)nn6)CC[C@]5(C)[C@H]4CC(=O)[C@]3(C)[C@H]1[C@@H]2C. The molecule has 1 aromatic rings. The Balaban J connectivity index is 0.804. The van der Waals surface area contributed by atoms with Crippen LogP contribution in [-0.4, -0.2) is 179 Å². The summed E-state index contributed by atoms with van der Waals surface area (Å²) < 4.78 is 50.9. The van der Waals surface area contributed by atoms with Gasteiger partial charge in [-0.1, -0.05) is 32.9 Å². The minimum Gasteiger partial charge on any atom is -0.394 e. The molecule has 0 amide bonds. The van der Waals surface area contributed by atoms with E-state index < -0.39 is 110 Å². The maximum atomic E-state index is 14.7. The van der Waals surface area contributed by atoms with Crippen LogP contribution in [0.2, 0.25) is 0 Å². The van der Waals surface area contributed by atoms with E-state index in [4.69, 9.17) is 37.9 Å². The van der Waals surface area contributed by atoms with Crippen molar-refractivity contribution in [3.63, 3.8) is 0 Å². The number of hydrogen-bond donors (Lipinski definition) is 8. The number of Topliss-reactive ketones (excluding diaryl/α,β-unsaturated/α-hetero) is 1. The Labute approximate surface area is 396 Å². The first-order valence-electron chi connectivity index (χ1n) is 25.3. The van der Waals surface area contributed by atoms with Crippen LogP contribution >= 0.6 is 0 Å². The van der Waals surface area contributed by atoms with Crippen LogP contribution in [0.15, 0.2) is 6.20 Å². The Bertz CT molecular complexity index is 1960. The number of carbonyl (C=O) groups excluding carboxylic acids is 1. The molecule has 9 aliphatic rings. The van der Waals surface area contributed by atoms with Crippen molar-refractivity contribution < 1.29 is 83.5 Å². The van der Waals surface area contributed by atoms with Crippen LogP contribution in [0.1, 0.15) is 111 Å². The number of aliphatic hydroxyl groups excluding tert-OH is 8. The van der Waals surface area contributed by atoms with E-state index in [1.807, 2.05) is 10.9 Å². The number of carbonyl (C=O) groups is 1. The van der Waals surface area contributed by atoms with Gasteiger partial charge < -0.3 is 78.7 Å². The van der Waals surface area contributed by atoms with Gasteiger partial charge in [0.2, 0.25) is 0 Å². The maximum absolute atomic E-state index is 14.7. The number of ether oxygens (including phenoxy) is 8. The molecule has 0 bridgehead atoms. The highest BCUT2D eigenvalue weighted by atomic mass is 16.8. The lowest BCUT2D eigenvalue weighted by Gasteiger charge is -2.60. The fraction of sp³-hybridized carbons (Fsp3) is 0.938. The van der Waals surface area contributed by atoms with Gasteiger partial charge in [-0.2, -0.15) is 0 Å². The number of hydrogen-bond acceptors (Lipinski definition) is 19. The summed E-state index contributed by atoms with van der Waals surface area (Å²) in [4.78, 5) is 14.7. The molecule has 0 aromatic carbocycles. The Kier molecular flexibility index (Phi) is 13.6. The first-order valence-corrected chi connectivity index (χ1v) is 25.3. The highest BCUT2D eigenvalue weighted by molar-refractivity contribution is 5.87. The molecule has 1 aromatic heterocycles. The van der Waals surface area contributed by atoms with Gasteiger partial charge in [-0.15, -0.1) is 5.10 Å². The van der Waals surface area contributed by atoms with Gasteiger partial charge in [0.05, 0.1) is 50.4 Å². The van der Waals surface area contributed by atoms with Gasteiger partial charge in [-0.3, -0.25) is 4.79 Å².